The normalized spacial score (nSPS) is 13.1. The Morgan fingerprint density at radius 2 is 1.92 bits per heavy atom. The number of nitro benzene ring substituents is 1. The van der Waals surface area contributed by atoms with E-state index in [1.165, 1.54) is 18.3 Å². The van der Waals surface area contributed by atoms with Crippen molar-refractivity contribution >= 4 is 32.2 Å². The molecule has 12 heteroatoms. The van der Waals surface area contributed by atoms with E-state index in [9.17, 15) is 18.5 Å². The predicted molar refractivity (Wildman–Crippen MR) is 139 cm³/mol. The summed E-state index contributed by atoms with van der Waals surface area (Å²) in [5.74, 6) is 0. The Balaban J connectivity index is 1.91. The molecule has 1 aromatic carbocycles. The van der Waals surface area contributed by atoms with Crippen LogP contribution in [0.25, 0.3) is 28.0 Å². The molecule has 1 atom stereocenters. The van der Waals surface area contributed by atoms with Gasteiger partial charge < -0.3 is 0 Å². The van der Waals surface area contributed by atoms with Crippen molar-refractivity contribution in [2.45, 2.75) is 37.3 Å². The lowest BCUT2D eigenvalue weighted by Crippen LogP contribution is -2.28. The standard InChI is InChI=1S/C24H26N5O5S2/c1-24(2,3)35(4)34-15-16-10-12-28-20(13-16)21(19-9-11-25-23(26-19)36(5,32)33)22(27-28)17-7-6-8-18(14-17)29(30)31/h6-14H,15H2,1-5H3/q+1. The molecule has 1 unspecified atom stereocenters. The Kier molecular flexibility index (Phi) is 6.86. The number of nitrogens with zero attached hydrogens (tertiary/aromatic N) is 5. The zero-order valence-corrected chi connectivity index (χ0v) is 22.1. The summed E-state index contributed by atoms with van der Waals surface area (Å²) in [6.45, 7) is 6.74. The molecule has 0 aliphatic rings. The van der Waals surface area contributed by atoms with Crippen molar-refractivity contribution < 1.29 is 17.5 Å². The Bertz CT molecular complexity index is 1560. The van der Waals surface area contributed by atoms with E-state index in [4.69, 9.17) is 4.18 Å². The molecule has 0 saturated carbocycles. The summed E-state index contributed by atoms with van der Waals surface area (Å²) < 4.78 is 32.0. The highest BCUT2D eigenvalue weighted by molar-refractivity contribution is 7.93. The Morgan fingerprint density at radius 3 is 2.58 bits per heavy atom. The highest BCUT2D eigenvalue weighted by atomic mass is 32.2. The van der Waals surface area contributed by atoms with Gasteiger partial charge in [0, 0.05) is 36.3 Å². The molecule has 0 aliphatic carbocycles. The first-order valence-electron chi connectivity index (χ1n) is 10.9. The minimum Gasteiger partial charge on any atom is -0.258 e. The minimum absolute atomic E-state index is 0.00404. The summed E-state index contributed by atoms with van der Waals surface area (Å²) in [4.78, 5) is 19.1. The van der Waals surface area contributed by atoms with E-state index in [1.807, 2.05) is 12.1 Å². The average Bonchev–Trinajstić information content (AvgIpc) is 3.20. The molecular weight excluding hydrogens is 502 g/mol. The molecule has 0 aliphatic heterocycles. The summed E-state index contributed by atoms with van der Waals surface area (Å²) in [7, 11) is -3.66. The van der Waals surface area contributed by atoms with Crippen molar-refractivity contribution in [2.24, 2.45) is 0 Å². The number of pyridine rings is 1. The fraction of sp³-hybridized carbons (Fsp3) is 0.292. The third kappa shape index (κ3) is 5.40. The second-order valence-electron chi connectivity index (χ2n) is 9.22. The van der Waals surface area contributed by atoms with Gasteiger partial charge in [-0.15, -0.1) is 0 Å². The van der Waals surface area contributed by atoms with Crippen LogP contribution in [0.4, 0.5) is 5.69 Å². The average molecular weight is 529 g/mol. The van der Waals surface area contributed by atoms with E-state index < -0.39 is 14.8 Å². The largest absolute Gasteiger partial charge is 0.270 e. The van der Waals surface area contributed by atoms with Crippen LogP contribution in [0.2, 0.25) is 0 Å². The number of benzene rings is 1. The fourth-order valence-electron chi connectivity index (χ4n) is 3.39. The SMILES string of the molecule is C[S+](OCc1ccn2nc(-c3cccc([N+](=O)[O-])c3)c(-c3ccnc(S(C)(=O)=O)n3)c2c1)C(C)(C)C. The van der Waals surface area contributed by atoms with E-state index in [-0.39, 0.29) is 26.8 Å². The zero-order chi connectivity index (χ0) is 26.3. The Labute approximate surface area is 212 Å². The van der Waals surface area contributed by atoms with E-state index in [1.54, 1.807) is 28.9 Å². The van der Waals surface area contributed by atoms with E-state index in [0.29, 0.717) is 34.6 Å². The Hall–Kier alpha value is -3.35. The molecule has 188 valence electrons. The van der Waals surface area contributed by atoms with Crippen LogP contribution in [-0.2, 0) is 31.8 Å². The topological polar surface area (TPSA) is 130 Å². The molecule has 4 rings (SSSR count). The van der Waals surface area contributed by atoms with Crippen LogP contribution in [0.3, 0.4) is 0 Å². The van der Waals surface area contributed by atoms with Crippen molar-refractivity contribution in [3.63, 3.8) is 0 Å². The van der Waals surface area contributed by atoms with Crippen molar-refractivity contribution in [3.8, 4) is 22.5 Å². The van der Waals surface area contributed by atoms with Crippen molar-refractivity contribution in [1.82, 2.24) is 19.6 Å². The second-order valence-corrected chi connectivity index (χ2v) is 13.5. The number of aromatic nitrogens is 4. The van der Waals surface area contributed by atoms with Gasteiger partial charge in [-0.25, -0.2) is 22.9 Å². The van der Waals surface area contributed by atoms with Gasteiger partial charge in [-0.05, 0) is 44.5 Å². The van der Waals surface area contributed by atoms with Gasteiger partial charge in [0.2, 0.25) is 15.0 Å². The lowest BCUT2D eigenvalue weighted by molar-refractivity contribution is -0.384. The van der Waals surface area contributed by atoms with Gasteiger partial charge in [-0.1, -0.05) is 12.1 Å². The lowest BCUT2D eigenvalue weighted by atomic mass is 10.0. The number of hydrogen-bond acceptors (Lipinski definition) is 8. The third-order valence-electron chi connectivity index (χ3n) is 5.52. The maximum atomic E-state index is 12.1. The molecule has 0 fully saturated rings. The molecule has 4 aromatic rings. The molecule has 0 spiro atoms. The summed E-state index contributed by atoms with van der Waals surface area (Å²) in [5, 5.41) is 15.7. The quantitative estimate of drug-likeness (QED) is 0.151. The number of non-ortho nitro benzene ring substituents is 1. The smallest absolute Gasteiger partial charge is 0.258 e. The number of sulfone groups is 1. The van der Waals surface area contributed by atoms with Crippen LogP contribution in [0.15, 0.2) is 60.0 Å². The van der Waals surface area contributed by atoms with Crippen LogP contribution in [0, 0.1) is 10.1 Å². The lowest BCUT2D eigenvalue weighted by Gasteiger charge is -2.15. The van der Waals surface area contributed by atoms with Gasteiger partial charge in [0.15, 0.2) is 4.75 Å². The first-order valence-corrected chi connectivity index (χ1v) is 14.4. The van der Waals surface area contributed by atoms with Gasteiger partial charge in [0.25, 0.3) is 5.69 Å². The molecule has 10 nitrogen and oxygen atoms in total. The molecule has 0 bridgehead atoms. The number of rotatable bonds is 7. The van der Waals surface area contributed by atoms with Crippen LogP contribution >= 0.6 is 0 Å². The Morgan fingerprint density at radius 1 is 1.17 bits per heavy atom. The van der Waals surface area contributed by atoms with E-state index >= 15 is 0 Å². The molecule has 3 aromatic heterocycles. The maximum absolute atomic E-state index is 12.1. The number of hydrogen-bond donors (Lipinski definition) is 0. The molecule has 0 N–H and O–H groups in total. The first-order chi connectivity index (χ1) is 16.8. The number of fused-ring (bicyclic) bond motifs is 1. The first kappa shape index (κ1) is 25.7. The summed E-state index contributed by atoms with van der Waals surface area (Å²) >= 11 is -0.281. The third-order valence-corrected chi connectivity index (χ3v) is 8.57. The molecule has 0 saturated heterocycles. The van der Waals surface area contributed by atoms with E-state index in [2.05, 4.69) is 42.1 Å². The summed E-state index contributed by atoms with van der Waals surface area (Å²) in [6.07, 6.45) is 6.24. The van der Waals surface area contributed by atoms with Crippen molar-refractivity contribution in [3.05, 3.63) is 70.5 Å². The maximum Gasteiger partial charge on any atom is 0.270 e. The number of nitro groups is 1. The van der Waals surface area contributed by atoms with Gasteiger partial charge in [-0.2, -0.15) is 9.28 Å². The second kappa shape index (κ2) is 9.60. The van der Waals surface area contributed by atoms with Gasteiger partial charge in [-0.3, -0.25) is 10.1 Å². The van der Waals surface area contributed by atoms with Gasteiger partial charge in [0.1, 0.15) is 29.7 Å². The highest BCUT2D eigenvalue weighted by Gasteiger charge is 2.32. The fourth-order valence-corrected chi connectivity index (χ4v) is 4.58. The molecule has 0 radical (unpaired) electrons. The summed E-state index contributed by atoms with van der Waals surface area (Å²) in [5.41, 5.74) is 3.28. The van der Waals surface area contributed by atoms with Crippen LogP contribution in [-0.4, -0.2) is 50.2 Å². The summed E-state index contributed by atoms with van der Waals surface area (Å²) in [6, 6.07) is 11.5. The van der Waals surface area contributed by atoms with Crippen LogP contribution < -0.4 is 0 Å². The monoisotopic (exact) mass is 528 g/mol. The molecule has 0 amide bonds. The molecular formula is C24H26N5O5S2+. The molecule has 3 heterocycles. The highest BCUT2D eigenvalue weighted by Crippen LogP contribution is 2.36. The van der Waals surface area contributed by atoms with Gasteiger partial charge in [0.05, 0.1) is 21.7 Å². The van der Waals surface area contributed by atoms with Crippen molar-refractivity contribution in [2.75, 3.05) is 12.5 Å². The minimum atomic E-state index is -3.66. The van der Waals surface area contributed by atoms with Crippen molar-refractivity contribution in [1.29, 1.82) is 0 Å². The molecule has 36 heavy (non-hydrogen) atoms. The zero-order valence-electron chi connectivity index (χ0n) is 20.5. The van der Waals surface area contributed by atoms with Crippen LogP contribution in [0.1, 0.15) is 26.3 Å². The van der Waals surface area contributed by atoms with Crippen LogP contribution in [0.5, 0.6) is 0 Å². The van der Waals surface area contributed by atoms with E-state index in [0.717, 1.165) is 11.8 Å². The predicted octanol–water partition coefficient (Wildman–Crippen LogP) is 4.25. The van der Waals surface area contributed by atoms with Gasteiger partial charge >= 0.3 is 0 Å².